The third kappa shape index (κ3) is 5.39. The van der Waals surface area contributed by atoms with Crippen LogP contribution in [-0.2, 0) is 14.3 Å². The molecule has 8 nitrogen and oxygen atoms in total. The summed E-state index contributed by atoms with van der Waals surface area (Å²) < 4.78 is 10.4. The van der Waals surface area contributed by atoms with E-state index in [4.69, 9.17) is 44.9 Å². The number of anilines is 1. The van der Waals surface area contributed by atoms with Gasteiger partial charge in [-0.2, -0.15) is 0 Å². The predicted octanol–water partition coefficient (Wildman–Crippen LogP) is 5.25. The SMILES string of the molecule is CCOC(=O)COc1c(Cl)cc(/C=C2/SC(=S)N(c3ccc([N+](=O)[O-])cc3)C2=O)cc1Cl. The van der Waals surface area contributed by atoms with Crippen molar-refractivity contribution in [3.63, 3.8) is 0 Å². The number of esters is 1. The summed E-state index contributed by atoms with van der Waals surface area (Å²) in [6.07, 6.45) is 1.57. The number of nitrogens with zero attached hydrogens (tertiary/aromatic N) is 2. The number of amides is 1. The Morgan fingerprint density at radius 2 is 1.88 bits per heavy atom. The van der Waals surface area contributed by atoms with E-state index in [0.717, 1.165) is 11.8 Å². The molecule has 1 aliphatic rings. The van der Waals surface area contributed by atoms with Gasteiger partial charge < -0.3 is 9.47 Å². The van der Waals surface area contributed by atoms with Gasteiger partial charge in [0.15, 0.2) is 16.7 Å². The van der Waals surface area contributed by atoms with Gasteiger partial charge in [0.2, 0.25) is 0 Å². The summed E-state index contributed by atoms with van der Waals surface area (Å²) >= 11 is 18.9. The molecule has 1 saturated heterocycles. The normalized spacial score (nSPS) is 14.7. The van der Waals surface area contributed by atoms with E-state index in [0.29, 0.717) is 16.2 Å². The number of thiocarbonyl (C=S) groups is 1. The number of rotatable bonds is 7. The highest BCUT2D eigenvalue weighted by molar-refractivity contribution is 8.27. The summed E-state index contributed by atoms with van der Waals surface area (Å²) in [6.45, 7) is 1.55. The van der Waals surface area contributed by atoms with Crippen molar-refractivity contribution in [2.24, 2.45) is 0 Å². The first kappa shape index (κ1) is 24.0. The molecule has 0 unspecified atom stereocenters. The van der Waals surface area contributed by atoms with Crippen LogP contribution in [0, 0.1) is 10.1 Å². The van der Waals surface area contributed by atoms with E-state index in [1.807, 2.05) is 0 Å². The van der Waals surface area contributed by atoms with Gasteiger partial charge in [0.05, 0.1) is 32.2 Å². The number of hydrogen-bond donors (Lipinski definition) is 0. The van der Waals surface area contributed by atoms with Crippen LogP contribution >= 0.6 is 47.2 Å². The minimum atomic E-state index is -0.557. The van der Waals surface area contributed by atoms with Gasteiger partial charge in [-0.3, -0.25) is 19.8 Å². The van der Waals surface area contributed by atoms with Gasteiger partial charge in [-0.25, -0.2) is 4.79 Å². The van der Waals surface area contributed by atoms with E-state index in [-0.39, 0.29) is 44.9 Å². The van der Waals surface area contributed by atoms with Crippen LogP contribution in [0.5, 0.6) is 5.75 Å². The zero-order valence-corrected chi connectivity index (χ0v) is 19.5. The molecule has 1 aliphatic heterocycles. The highest BCUT2D eigenvalue weighted by Gasteiger charge is 2.33. The minimum absolute atomic E-state index is 0.0933. The number of non-ortho nitro benzene ring substituents is 1. The molecule has 0 radical (unpaired) electrons. The van der Waals surface area contributed by atoms with Crippen molar-refractivity contribution in [1.29, 1.82) is 0 Å². The van der Waals surface area contributed by atoms with Gasteiger partial charge >= 0.3 is 5.97 Å². The Morgan fingerprint density at radius 3 is 2.44 bits per heavy atom. The van der Waals surface area contributed by atoms with Crippen molar-refractivity contribution in [2.45, 2.75) is 6.92 Å². The largest absolute Gasteiger partial charge is 0.479 e. The number of benzene rings is 2. The molecule has 2 aromatic rings. The monoisotopic (exact) mass is 512 g/mol. The molecule has 12 heteroatoms. The third-order valence-corrected chi connectivity index (χ3v) is 5.93. The average molecular weight is 513 g/mol. The number of nitro groups is 1. The predicted molar refractivity (Wildman–Crippen MR) is 127 cm³/mol. The van der Waals surface area contributed by atoms with Gasteiger partial charge in [0.1, 0.15) is 0 Å². The van der Waals surface area contributed by atoms with Crippen molar-refractivity contribution < 1.29 is 24.0 Å². The Hall–Kier alpha value is -2.66. The summed E-state index contributed by atoms with van der Waals surface area (Å²) in [4.78, 5) is 36.3. The molecule has 0 spiro atoms. The van der Waals surface area contributed by atoms with E-state index in [1.165, 1.54) is 41.3 Å². The first-order chi connectivity index (χ1) is 15.2. The zero-order valence-electron chi connectivity index (χ0n) is 16.4. The number of nitro benzene ring substituents is 1. The van der Waals surface area contributed by atoms with Crippen LogP contribution in [0.3, 0.4) is 0 Å². The van der Waals surface area contributed by atoms with Crippen LogP contribution in [0.15, 0.2) is 41.3 Å². The molecular weight excluding hydrogens is 499 g/mol. The molecule has 0 saturated carbocycles. The van der Waals surface area contributed by atoms with Crippen LogP contribution in [0.4, 0.5) is 11.4 Å². The maximum atomic E-state index is 12.9. The summed E-state index contributed by atoms with van der Waals surface area (Å²) in [7, 11) is 0. The fraction of sp³-hybridized carbons (Fsp3) is 0.150. The fourth-order valence-corrected chi connectivity index (χ4v) is 4.61. The molecule has 0 bridgehead atoms. The smallest absolute Gasteiger partial charge is 0.344 e. The number of carbonyl (C=O) groups is 2. The number of hydrogen-bond acceptors (Lipinski definition) is 8. The van der Waals surface area contributed by atoms with Crippen LogP contribution in [0.25, 0.3) is 6.08 Å². The number of ether oxygens (including phenoxy) is 2. The second kappa shape index (κ2) is 10.3. The summed E-state index contributed by atoms with van der Waals surface area (Å²) in [6, 6.07) is 8.57. The quantitative estimate of drug-likeness (QED) is 0.163. The van der Waals surface area contributed by atoms with Gasteiger partial charge in [-0.05, 0) is 42.8 Å². The molecule has 2 aromatic carbocycles. The number of thioether (sulfide) groups is 1. The molecule has 1 heterocycles. The Morgan fingerprint density at radius 1 is 1.25 bits per heavy atom. The number of halogens is 2. The van der Waals surface area contributed by atoms with E-state index >= 15 is 0 Å². The van der Waals surface area contributed by atoms with Crippen molar-refractivity contribution in [3.05, 3.63) is 67.0 Å². The van der Waals surface area contributed by atoms with Gasteiger partial charge in [0.25, 0.3) is 11.6 Å². The van der Waals surface area contributed by atoms with E-state index in [1.54, 1.807) is 13.0 Å². The lowest BCUT2D eigenvalue weighted by Gasteiger charge is -2.14. The van der Waals surface area contributed by atoms with E-state index in [2.05, 4.69) is 0 Å². The van der Waals surface area contributed by atoms with Crippen LogP contribution in [0.2, 0.25) is 10.0 Å². The van der Waals surface area contributed by atoms with Crippen molar-refractivity contribution in [2.75, 3.05) is 18.1 Å². The maximum Gasteiger partial charge on any atom is 0.344 e. The molecule has 0 aliphatic carbocycles. The molecule has 0 aromatic heterocycles. The molecule has 1 amide bonds. The summed E-state index contributed by atoms with van der Waals surface area (Å²) in [5, 5.41) is 11.1. The maximum absolute atomic E-state index is 12.9. The highest BCUT2D eigenvalue weighted by atomic mass is 35.5. The molecule has 3 rings (SSSR count). The molecule has 32 heavy (non-hydrogen) atoms. The Bertz CT molecular complexity index is 1110. The van der Waals surface area contributed by atoms with Gasteiger partial charge in [-0.1, -0.05) is 47.2 Å². The van der Waals surface area contributed by atoms with Crippen LogP contribution in [-0.4, -0.2) is 34.3 Å². The highest BCUT2D eigenvalue weighted by Crippen LogP contribution is 2.39. The van der Waals surface area contributed by atoms with Crippen molar-refractivity contribution in [3.8, 4) is 5.75 Å². The first-order valence-electron chi connectivity index (χ1n) is 9.01. The summed E-state index contributed by atoms with van der Waals surface area (Å²) in [5.41, 5.74) is 0.845. The Balaban J connectivity index is 1.81. The molecule has 1 fully saturated rings. The van der Waals surface area contributed by atoms with Gasteiger partial charge in [0, 0.05) is 12.1 Å². The number of carbonyl (C=O) groups excluding carboxylic acids is 2. The Labute approximate surface area is 202 Å². The lowest BCUT2D eigenvalue weighted by Crippen LogP contribution is -2.27. The second-order valence-electron chi connectivity index (χ2n) is 6.20. The zero-order chi connectivity index (χ0) is 23.4. The average Bonchev–Trinajstić information content (AvgIpc) is 3.00. The third-order valence-electron chi connectivity index (χ3n) is 4.07. The van der Waals surface area contributed by atoms with Crippen molar-refractivity contribution in [1.82, 2.24) is 0 Å². The Kier molecular flexibility index (Phi) is 7.73. The van der Waals surface area contributed by atoms with Crippen LogP contribution < -0.4 is 9.64 Å². The lowest BCUT2D eigenvalue weighted by atomic mass is 10.2. The molecule has 0 N–H and O–H groups in total. The summed E-state index contributed by atoms with van der Waals surface area (Å²) in [5.74, 6) is -0.820. The van der Waals surface area contributed by atoms with Gasteiger partial charge in [-0.15, -0.1) is 0 Å². The standard InChI is InChI=1S/C20H14Cl2N2O6S2/c1-2-29-17(25)10-30-18-14(21)7-11(8-15(18)22)9-16-19(26)23(20(31)32-16)12-3-5-13(6-4-12)24(27)28/h3-9H,2,10H2,1H3/b16-9+. The minimum Gasteiger partial charge on any atom is -0.479 e. The van der Waals surface area contributed by atoms with Crippen molar-refractivity contribution >= 4 is 80.8 Å². The fourth-order valence-electron chi connectivity index (χ4n) is 2.70. The topological polar surface area (TPSA) is 99.0 Å². The molecule has 0 atom stereocenters. The van der Waals surface area contributed by atoms with E-state index in [9.17, 15) is 19.7 Å². The molecular formula is C20H14Cl2N2O6S2. The first-order valence-corrected chi connectivity index (χ1v) is 11.0. The second-order valence-corrected chi connectivity index (χ2v) is 8.69. The van der Waals surface area contributed by atoms with E-state index < -0.39 is 10.9 Å². The molecule has 166 valence electrons. The van der Waals surface area contributed by atoms with Crippen LogP contribution in [0.1, 0.15) is 12.5 Å². The lowest BCUT2D eigenvalue weighted by molar-refractivity contribution is -0.384.